The van der Waals surface area contributed by atoms with Crippen molar-refractivity contribution in [1.82, 2.24) is 35.0 Å². The van der Waals surface area contributed by atoms with Crippen LogP contribution in [0.5, 0.6) is 0 Å². The van der Waals surface area contributed by atoms with Crippen LogP contribution in [0.3, 0.4) is 0 Å². The van der Waals surface area contributed by atoms with Gasteiger partial charge in [-0.1, -0.05) is 23.4 Å². The number of nitrogens with one attached hydrogen (secondary N) is 1. The van der Waals surface area contributed by atoms with E-state index in [2.05, 4.69) is 20.7 Å². The van der Waals surface area contributed by atoms with Crippen LogP contribution in [0.4, 0.5) is 0 Å². The second-order valence-corrected chi connectivity index (χ2v) is 7.31. The maximum Gasteiger partial charge on any atom is 0.276 e. The van der Waals surface area contributed by atoms with Crippen LogP contribution >= 0.6 is 0 Å². The van der Waals surface area contributed by atoms with E-state index in [0.717, 1.165) is 37.3 Å². The zero-order valence-electron chi connectivity index (χ0n) is 16.2. The molecule has 0 bridgehead atoms. The predicted octanol–water partition coefficient (Wildman–Crippen LogP) is 2.06. The Morgan fingerprint density at radius 1 is 1.11 bits per heavy atom. The van der Waals surface area contributed by atoms with E-state index in [1.165, 1.54) is 0 Å². The highest BCUT2D eigenvalue weighted by Gasteiger charge is 2.30. The number of carbonyl (C=O) groups is 1. The molecule has 8 heteroatoms. The van der Waals surface area contributed by atoms with Gasteiger partial charge in [0.2, 0.25) is 0 Å². The van der Waals surface area contributed by atoms with E-state index in [1.54, 1.807) is 21.8 Å². The van der Waals surface area contributed by atoms with Gasteiger partial charge in [0.05, 0.1) is 24.3 Å². The quantitative estimate of drug-likeness (QED) is 0.734. The summed E-state index contributed by atoms with van der Waals surface area (Å²) in [7, 11) is 0. The topological polar surface area (TPSA) is 80.9 Å². The van der Waals surface area contributed by atoms with Crippen molar-refractivity contribution >= 4 is 5.91 Å². The number of hydrogen-bond acceptors (Lipinski definition) is 5. The molecular formula is C20H25N7O. The van der Waals surface area contributed by atoms with Crippen molar-refractivity contribution in [1.29, 1.82) is 0 Å². The third-order valence-electron chi connectivity index (χ3n) is 5.06. The van der Waals surface area contributed by atoms with Gasteiger partial charge in [-0.05, 0) is 51.9 Å². The van der Waals surface area contributed by atoms with Crippen LogP contribution in [0.1, 0.15) is 37.2 Å². The van der Waals surface area contributed by atoms with Crippen molar-refractivity contribution in [3.05, 3.63) is 54.6 Å². The van der Waals surface area contributed by atoms with Crippen LogP contribution in [0.25, 0.3) is 11.4 Å². The van der Waals surface area contributed by atoms with Crippen LogP contribution in [0.2, 0.25) is 0 Å². The minimum Gasteiger partial charge on any atom is -0.332 e. The first kappa shape index (κ1) is 18.4. The molecule has 1 fully saturated rings. The summed E-state index contributed by atoms with van der Waals surface area (Å²) in [4.78, 5) is 15.1. The first-order valence-electron chi connectivity index (χ1n) is 9.69. The third-order valence-corrected chi connectivity index (χ3v) is 5.06. The number of rotatable bonds is 5. The van der Waals surface area contributed by atoms with Crippen molar-refractivity contribution in [3.8, 4) is 11.4 Å². The van der Waals surface area contributed by atoms with E-state index in [-0.39, 0.29) is 18.0 Å². The first-order valence-corrected chi connectivity index (χ1v) is 9.69. The molecule has 0 atom stereocenters. The zero-order chi connectivity index (χ0) is 19.5. The maximum absolute atomic E-state index is 13.1. The second kappa shape index (κ2) is 7.93. The van der Waals surface area contributed by atoms with E-state index in [0.29, 0.717) is 5.69 Å². The minimum atomic E-state index is -0.0661. The fourth-order valence-electron chi connectivity index (χ4n) is 3.68. The molecule has 146 valence electrons. The lowest BCUT2D eigenvalue weighted by Gasteiger charge is -2.37. The Morgan fingerprint density at radius 3 is 2.57 bits per heavy atom. The molecule has 1 amide bonds. The Labute approximate surface area is 164 Å². The van der Waals surface area contributed by atoms with Gasteiger partial charge in [0.15, 0.2) is 5.69 Å². The summed E-state index contributed by atoms with van der Waals surface area (Å²) in [5.74, 6) is -0.0661. The third kappa shape index (κ3) is 3.68. The maximum atomic E-state index is 13.1. The normalized spacial score (nSPS) is 15.1. The molecule has 1 N–H and O–H groups in total. The smallest absolute Gasteiger partial charge is 0.276 e. The molecule has 28 heavy (non-hydrogen) atoms. The van der Waals surface area contributed by atoms with Gasteiger partial charge in [-0.25, -0.2) is 9.36 Å². The highest BCUT2D eigenvalue weighted by Crippen LogP contribution is 2.19. The Balaban J connectivity index is 1.55. The van der Waals surface area contributed by atoms with E-state index >= 15 is 0 Å². The van der Waals surface area contributed by atoms with Gasteiger partial charge in [-0.15, -0.1) is 5.10 Å². The summed E-state index contributed by atoms with van der Waals surface area (Å²) < 4.78 is 3.37. The summed E-state index contributed by atoms with van der Waals surface area (Å²) in [6, 6.07) is 10.2. The molecule has 4 rings (SSSR count). The Hall–Kier alpha value is -3.00. The molecule has 8 nitrogen and oxygen atoms in total. The van der Waals surface area contributed by atoms with Crippen LogP contribution in [0.15, 0.2) is 48.9 Å². The number of benzene rings is 1. The molecular weight excluding hydrogens is 354 g/mol. The Kier molecular flexibility index (Phi) is 5.21. The molecule has 0 spiro atoms. The molecule has 1 aliphatic heterocycles. The molecule has 3 aromatic rings. The average Bonchev–Trinajstić information content (AvgIpc) is 3.39. The highest BCUT2D eigenvalue weighted by atomic mass is 16.2. The molecule has 0 aliphatic carbocycles. The van der Waals surface area contributed by atoms with Gasteiger partial charge in [0.25, 0.3) is 5.91 Å². The number of aromatic nitrogens is 5. The van der Waals surface area contributed by atoms with Crippen LogP contribution in [-0.4, -0.2) is 60.8 Å². The Morgan fingerprint density at radius 2 is 1.86 bits per heavy atom. The Bertz CT molecular complexity index is 925. The lowest BCUT2D eigenvalue weighted by molar-refractivity contribution is 0.0559. The highest BCUT2D eigenvalue weighted by molar-refractivity contribution is 5.92. The molecule has 1 saturated heterocycles. The monoisotopic (exact) mass is 379 g/mol. The summed E-state index contributed by atoms with van der Waals surface area (Å²) in [5, 5.41) is 16.0. The number of carbonyl (C=O) groups excluding carboxylic acids is 1. The molecule has 0 unspecified atom stereocenters. The average molecular weight is 379 g/mol. The van der Waals surface area contributed by atoms with Gasteiger partial charge in [0.1, 0.15) is 5.69 Å². The lowest BCUT2D eigenvalue weighted by Crippen LogP contribution is -2.49. The van der Waals surface area contributed by atoms with Crippen molar-refractivity contribution in [2.45, 2.75) is 38.8 Å². The van der Waals surface area contributed by atoms with Crippen molar-refractivity contribution < 1.29 is 4.79 Å². The van der Waals surface area contributed by atoms with E-state index < -0.39 is 0 Å². The van der Waals surface area contributed by atoms with Gasteiger partial charge in [-0.2, -0.15) is 5.10 Å². The van der Waals surface area contributed by atoms with E-state index in [1.807, 2.05) is 55.3 Å². The minimum absolute atomic E-state index is 0.0661. The largest absolute Gasteiger partial charge is 0.332 e. The summed E-state index contributed by atoms with van der Waals surface area (Å²) in [6.07, 6.45) is 7.18. The number of nitrogens with zero attached hydrogens (tertiary/aromatic N) is 6. The van der Waals surface area contributed by atoms with Crippen molar-refractivity contribution in [2.24, 2.45) is 0 Å². The number of amides is 1. The SMILES string of the molecule is CC(C)N(C(=O)c1cn(-c2cnn(-c3ccccc3)c2)nn1)C1CCNCC1. The van der Waals surface area contributed by atoms with Crippen LogP contribution in [-0.2, 0) is 0 Å². The molecule has 2 aromatic heterocycles. The first-order chi connectivity index (χ1) is 13.6. The van der Waals surface area contributed by atoms with Gasteiger partial charge < -0.3 is 10.2 Å². The molecule has 3 heterocycles. The standard InChI is InChI=1S/C20H25N7O/c1-15(2)27(17-8-10-21-11-9-17)20(28)19-14-26(24-23-19)18-12-22-25(13-18)16-6-4-3-5-7-16/h3-7,12-15,17,21H,8-11H2,1-2H3. The van der Waals surface area contributed by atoms with Crippen LogP contribution < -0.4 is 5.32 Å². The van der Waals surface area contributed by atoms with Crippen LogP contribution in [0, 0.1) is 0 Å². The zero-order valence-corrected chi connectivity index (χ0v) is 16.2. The fraction of sp³-hybridized carbons (Fsp3) is 0.400. The van der Waals surface area contributed by atoms with E-state index in [9.17, 15) is 4.79 Å². The summed E-state index contributed by atoms with van der Waals surface area (Å²) in [6.45, 7) is 5.97. The van der Waals surface area contributed by atoms with Gasteiger partial charge >= 0.3 is 0 Å². The number of hydrogen-bond donors (Lipinski definition) is 1. The second-order valence-electron chi connectivity index (χ2n) is 7.31. The van der Waals surface area contributed by atoms with Crippen molar-refractivity contribution in [3.63, 3.8) is 0 Å². The molecule has 0 radical (unpaired) electrons. The predicted molar refractivity (Wildman–Crippen MR) is 106 cm³/mol. The number of piperidine rings is 1. The lowest BCUT2D eigenvalue weighted by atomic mass is 10.0. The van der Waals surface area contributed by atoms with Crippen molar-refractivity contribution in [2.75, 3.05) is 13.1 Å². The summed E-state index contributed by atoms with van der Waals surface area (Å²) >= 11 is 0. The van der Waals surface area contributed by atoms with Gasteiger partial charge in [0, 0.05) is 12.1 Å². The molecule has 1 aliphatic rings. The van der Waals surface area contributed by atoms with E-state index in [4.69, 9.17) is 0 Å². The summed E-state index contributed by atoms with van der Waals surface area (Å²) in [5.41, 5.74) is 2.08. The molecule has 0 saturated carbocycles. The van der Waals surface area contributed by atoms with Gasteiger partial charge in [-0.3, -0.25) is 4.79 Å². The molecule has 1 aromatic carbocycles. The number of para-hydroxylation sites is 1. The fourth-order valence-corrected chi connectivity index (χ4v) is 3.68.